The molecule has 0 rings (SSSR count). The van der Waals surface area contributed by atoms with Crippen molar-refractivity contribution in [3.05, 3.63) is 0 Å². The summed E-state index contributed by atoms with van der Waals surface area (Å²) in [6.45, 7) is 6.74. The Labute approximate surface area is 58.1 Å². The molecule has 0 aromatic carbocycles. The van der Waals surface area contributed by atoms with Crippen molar-refractivity contribution in [2.45, 2.75) is 33.6 Å². The van der Waals surface area contributed by atoms with Gasteiger partial charge in [-0.2, -0.15) is 0 Å². The molecule has 0 saturated carbocycles. The molecule has 0 N–H and O–H groups in total. The fourth-order valence-electron chi connectivity index (χ4n) is 0.453. The molecule has 8 heavy (non-hydrogen) atoms. The van der Waals surface area contributed by atoms with Gasteiger partial charge in [-0.1, -0.05) is 39.8 Å². The molecule has 1 heteroatoms. The highest BCUT2D eigenvalue weighted by atomic mass is 32.1. The summed E-state index contributed by atoms with van der Waals surface area (Å²) in [5.74, 6) is 0.904. The number of hydrogen-bond donors (Lipinski definition) is 0. The fourth-order valence-corrected chi connectivity index (χ4v) is 1.01. The third kappa shape index (κ3) is 3.36. The summed E-state index contributed by atoms with van der Waals surface area (Å²) in [6, 6.07) is 0. The van der Waals surface area contributed by atoms with Crippen LogP contribution in [0.2, 0.25) is 0 Å². The molecule has 0 aromatic rings. The molecular weight excluding hydrogens is 116 g/mol. The standard InChI is InChI=1S/C7H15S/c1-4-7(2,3)5-6-8/h4-6H2,1-3H3. The van der Waals surface area contributed by atoms with Crippen molar-refractivity contribution >= 4 is 12.6 Å². The lowest BCUT2D eigenvalue weighted by atomic mass is 9.87. The highest BCUT2D eigenvalue weighted by molar-refractivity contribution is 7.80. The molecule has 1 radical (unpaired) electrons. The molecule has 0 saturated heterocycles. The lowest BCUT2D eigenvalue weighted by molar-refractivity contribution is 0.341. The maximum absolute atomic E-state index is 4.87. The van der Waals surface area contributed by atoms with Crippen LogP contribution >= 0.6 is 12.6 Å². The zero-order valence-electron chi connectivity index (χ0n) is 6.03. The molecule has 0 atom stereocenters. The van der Waals surface area contributed by atoms with Gasteiger partial charge in [-0.3, -0.25) is 0 Å². The van der Waals surface area contributed by atoms with Gasteiger partial charge >= 0.3 is 0 Å². The van der Waals surface area contributed by atoms with Gasteiger partial charge < -0.3 is 0 Å². The van der Waals surface area contributed by atoms with E-state index < -0.39 is 0 Å². The highest BCUT2D eigenvalue weighted by Crippen LogP contribution is 2.24. The topological polar surface area (TPSA) is 0 Å². The Balaban J connectivity index is 3.37. The summed E-state index contributed by atoms with van der Waals surface area (Å²) in [5.41, 5.74) is 0.488. The summed E-state index contributed by atoms with van der Waals surface area (Å²) >= 11 is 4.87. The van der Waals surface area contributed by atoms with Crippen molar-refractivity contribution in [1.82, 2.24) is 0 Å². The molecule has 0 nitrogen and oxygen atoms in total. The van der Waals surface area contributed by atoms with Crippen molar-refractivity contribution < 1.29 is 0 Å². The van der Waals surface area contributed by atoms with Crippen LogP contribution in [0.25, 0.3) is 0 Å². The summed E-state index contributed by atoms with van der Waals surface area (Å²) in [7, 11) is 0. The van der Waals surface area contributed by atoms with E-state index in [9.17, 15) is 0 Å². The van der Waals surface area contributed by atoms with Crippen LogP contribution in [0.15, 0.2) is 0 Å². The van der Waals surface area contributed by atoms with E-state index in [0.717, 1.165) is 5.75 Å². The summed E-state index contributed by atoms with van der Waals surface area (Å²) < 4.78 is 0. The van der Waals surface area contributed by atoms with Gasteiger partial charge in [-0.15, -0.1) is 0 Å². The van der Waals surface area contributed by atoms with Crippen LogP contribution in [0.3, 0.4) is 0 Å². The summed E-state index contributed by atoms with van der Waals surface area (Å²) in [4.78, 5) is 0. The molecule has 0 spiro atoms. The van der Waals surface area contributed by atoms with E-state index in [1.165, 1.54) is 12.8 Å². The van der Waals surface area contributed by atoms with E-state index in [1.54, 1.807) is 0 Å². The van der Waals surface area contributed by atoms with Crippen LogP contribution < -0.4 is 0 Å². The minimum atomic E-state index is 0.488. The van der Waals surface area contributed by atoms with Gasteiger partial charge in [0.25, 0.3) is 0 Å². The smallest absolute Gasteiger partial charge is 0.00420 e. The SMILES string of the molecule is CCC(C)(C)CC[S]. The van der Waals surface area contributed by atoms with Crippen molar-refractivity contribution in [2.24, 2.45) is 5.41 Å². The molecule has 49 valence electrons. The van der Waals surface area contributed by atoms with Crippen LogP contribution in [0, 0.1) is 5.41 Å². The van der Waals surface area contributed by atoms with Crippen LogP contribution in [-0.2, 0) is 0 Å². The Morgan fingerprint density at radius 2 is 1.88 bits per heavy atom. The highest BCUT2D eigenvalue weighted by Gasteiger charge is 2.12. The predicted molar refractivity (Wildman–Crippen MR) is 41.1 cm³/mol. The van der Waals surface area contributed by atoms with E-state index in [0.29, 0.717) is 5.41 Å². The molecule has 0 amide bonds. The second kappa shape index (κ2) is 3.39. The van der Waals surface area contributed by atoms with E-state index >= 15 is 0 Å². The zero-order chi connectivity index (χ0) is 6.62. The molecule has 0 aliphatic rings. The van der Waals surface area contributed by atoms with Gasteiger partial charge in [0, 0.05) is 5.75 Å². The molecule has 0 aliphatic heterocycles. The first-order valence-corrected chi connectivity index (χ1v) is 3.78. The number of hydrogen-bond acceptors (Lipinski definition) is 0. The van der Waals surface area contributed by atoms with E-state index in [2.05, 4.69) is 20.8 Å². The number of rotatable bonds is 3. The van der Waals surface area contributed by atoms with Crippen molar-refractivity contribution in [3.8, 4) is 0 Å². The monoisotopic (exact) mass is 131 g/mol. The third-order valence-electron chi connectivity index (χ3n) is 1.74. The summed E-state index contributed by atoms with van der Waals surface area (Å²) in [6.07, 6.45) is 2.42. The van der Waals surface area contributed by atoms with Crippen molar-refractivity contribution in [3.63, 3.8) is 0 Å². The van der Waals surface area contributed by atoms with Gasteiger partial charge in [0.15, 0.2) is 0 Å². The molecule has 0 heterocycles. The quantitative estimate of drug-likeness (QED) is 0.552. The Hall–Kier alpha value is 0.350. The lowest BCUT2D eigenvalue weighted by Crippen LogP contribution is -2.09. The maximum Gasteiger partial charge on any atom is 0.00420 e. The lowest BCUT2D eigenvalue weighted by Gasteiger charge is -2.20. The van der Waals surface area contributed by atoms with Crippen LogP contribution in [0.5, 0.6) is 0 Å². The van der Waals surface area contributed by atoms with E-state index in [-0.39, 0.29) is 0 Å². The normalized spacial score (nSPS) is 12.0. The molecular formula is C7H15S. The van der Waals surface area contributed by atoms with Crippen molar-refractivity contribution in [2.75, 3.05) is 5.75 Å². The average Bonchev–Trinajstić information content (AvgIpc) is 1.67. The van der Waals surface area contributed by atoms with Gasteiger partial charge in [-0.25, -0.2) is 0 Å². The first kappa shape index (κ1) is 8.35. The van der Waals surface area contributed by atoms with E-state index in [1.807, 2.05) is 0 Å². The Morgan fingerprint density at radius 1 is 1.38 bits per heavy atom. The second-order valence-electron chi connectivity index (χ2n) is 2.97. The molecule has 0 bridgehead atoms. The molecule has 0 fully saturated rings. The first-order valence-electron chi connectivity index (χ1n) is 3.20. The molecule has 0 aromatic heterocycles. The van der Waals surface area contributed by atoms with Gasteiger partial charge in [0.1, 0.15) is 0 Å². The third-order valence-corrected chi connectivity index (χ3v) is 1.94. The fraction of sp³-hybridized carbons (Fsp3) is 1.00. The van der Waals surface area contributed by atoms with Gasteiger partial charge in [0.2, 0.25) is 0 Å². The maximum atomic E-state index is 4.87. The minimum absolute atomic E-state index is 0.488. The van der Waals surface area contributed by atoms with Crippen molar-refractivity contribution in [1.29, 1.82) is 0 Å². The largest absolute Gasteiger partial charge is 0.0941 e. The Morgan fingerprint density at radius 3 is 2.00 bits per heavy atom. The average molecular weight is 131 g/mol. The zero-order valence-corrected chi connectivity index (χ0v) is 6.85. The van der Waals surface area contributed by atoms with Crippen LogP contribution in [-0.4, -0.2) is 5.75 Å². The Kier molecular flexibility index (Phi) is 3.54. The van der Waals surface area contributed by atoms with Crippen LogP contribution in [0.4, 0.5) is 0 Å². The van der Waals surface area contributed by atoms with Gasteiger partial charge in [0.05, 0.1) is 0 Å². The summed E-state index contributed by atoms with van der Waals surface area (Å²) in [5, 5.41) is 0. The molecule has 0 aliphatic carbocycles. The van der Waals surface area contributed by atoms with E-state index in [4.69, 9.17) is 12.6 Å². The second-order valence-corrected chi connectivity index (χ2v) is 3.38. The Bertz CT molecular complexity index is 57.4. The minimum Gasteiger partial charge on any atom is -0.0941 e. The van der Waals surface area contributed by atoms with Crippen LogP contribution in [0.1, 0.15) is 33.6 Å². The predicted octanol–water partition coefficient (Wildman–Crippen LogP) is 3.01. The van der Waals surface area contributed by atoms with Gasteiger partial charge in [-0.05, 0) is 11.8 Å². The molecule has 0 unspecified atom stereocenters. The first-order chi connectivity index (χ1) is 3.62.